The molecule has 0 bridgehead atoms. The number of nitrogens with zero attached hydrogens (tertiary/aromatic N) is 2. The molecule has 21 heavy (non-hydrogen) atoms. The molecule has 2 heterocycles. The van der Waals surface area contributed by atoms with Crippen molar-refractivity contribution >= 4 is 38.9 Å². The van der Waals surface area contributed by atoms with Gasteiger partial charge < -0.3 is 9.84 Å². The molecule has 1 amide bonds. The summed E-state index contributed by atoms with van der Waals surface area (Å²) in [5, 5.41) is 8.51. The third-order valence-electron chi connectivity index (χ3n) is 2.74. The van der Waals surface area contributed by atoms with E-state index in [-0.39, 0.29) is 5.91 Å². The summed E-state index contributed by atoms with van der Waals surface area (Å²) in [6.07, 6.45) is 0. The summed E-state index contributed by atoms with van der Waals surface area (Å²) in [6.45, 7) is 1.73. The Balaban J connectivity index is 1.82. The molecule has 0 aliphatic carbocycles. The Morgan fingerprint density at radius 3 is 2.90 bits per heavy atom. The number of carbonyl (C=O) groups is 1. The molecule has 0 unspecified atom stereocenters. The molecule has 0 fully saturated rings. The molecule has 7 heteroatoms. The quantitative estimate of drug-likeness (QED) is 0.759. The van der Waals surface area contributed by atoms with Crippen molar-refractivity contribution in [2.75, 3.05) is 5.32 Å². The number of hydrogen-bond acceptors (Lipinski definition) is 5. The Morgan fingerprint density at radius 1 is 1.38 bits per heavy atom. The zero-order valence-corrected chi connectivity index (χ0v) is 13.4. The zero-order valence-electron chi connectivity index (χ0n) is 11.0. The van der Waals surface area contributed by atoms with Gasteiger partial charge in [-0.15, -0.1) is 11.3 Å². The third kappa shape index (κ3) is 3.20. The van der Waals surface area contributed by atoms with Crippen molar-refractivity contribution < 1.29 is 9.32 Å². The molecule has 3 rings (SSSR count). The molecule has 0 atom stereocenters. The first-order valence-electron chi connectivity index (χ1n) is 6.08. The van der Waals surface area contributed by atoms with Crippen LogP contribution in [0.2, 0.25) is 0 Å². The van der Waals surface area contributed by atoms with Gasteiger partial charge in [0.2, 0.25) is 11.7 Å². The lowest BCUT2D eigenvalue weighted by Gasteiger charge is -2.04. The fraction of sp³-hybridized carbons (Fsp3) is 0.0714. The second kappa shape index (κ2) is 5.79. The molecule has 0 spiro atoms. The van der Waals surface area contributed by atoms with Crippen LogP contribution < -0.4 is 5.32 Å². The number of aromatic nitrogens is 2. The first-order chi connectivity index (χ1) is 10.1. The van der Waals surface area contributed by atoms with Gasteiger partial charge in [0.1, 0.15) is 0 Å². The predicted molar refractivity (Wildman–Crippen MR) is 84.4 cm³/mol. The van der Waals surface area contributed by atoms with Gasteiger partial charge in [0.05, 0.1) is 9.35 Å². The normalized spacial score (nSPS) is 10.6. The van der Waals surface area contributed by atoms with Crippen LogP contribution in [-0.2, 0) is 0 Å². The summed E-state index contributed by atoms with van der Waals surface area (Å²) in [6, 6.07) is 9.10. The van der Waals surface area contributed by atoms with Gasteiger partial charge in [-0.05, 0) is 34.1 Å². The summed E-state index contributed by atoms with van der Waals surface area (Å²) in [5.74, 6) is 0.850. The summed E-state index contributed by atoms with van der Waals surface area (Å²) in [4.78, 5) is 16.3. The minimum absolute atomic E-state index is 0.154. The summed E-state index contributed by atoms with van der Waals surface area (Å²) >= 11 is 4.81. The van der Waals surface area contributed by atoms with Crippen molar-refractivity contribution in [1.82, 2.24) is 10.1 Å². The van der Waals surface area contributed by atoms with E-state index in [2.05, 4.69) is 31.4 Å². The first kappa shape index (κ1) is 14.0. The van der Waals surface area contributed by atoms with Gasteiger partial charge in [0, 0.05) is 23.6 Å². The fourth-order valence-electron chi connectivity index (χ4n) is 1.78. The Kier molecular flexibility index (Phi) is 3.85. The van der Waals surface area contributed by atoms with E-state index >= 15 is 0 Å². The average molecular weight is 364 g/mol. The third-order valence-corrected chi connectivity index (χ3v) is 4.24. The Hall–Kier alpha value is -1.99. The van der Waals surface area contributed by atoms with Crippen molar-refractivity contribution in [2.24, 2.45) is 0 Å². The van der Waals surface area contributed by atoms with E-state index in [1.807, 2.05) is 24.3 Å². The topological polar surface area (TPSA) is 68.0 Å². The monoisotopic (exact) mass is 363 g/mol. The Bertz CT molecular complexity index is 797. The molecule has 106 valence electrons. The van der Waals surface area contributed by atoms with E-state index < -0.39 is 0 Å². The highest BCUT2D eigenvalue weighted by molar-refractivity contribution is 9.11. The highest BCUT2D eigenvalue weighted by atomic mass is 79.9. The molecule has 1 aromatic carbocycles. The number of hydrogen-bond donors (Lipinski definition) is 1. The molecular weight excluding hydrogens is 354 g/mol. The van der Waals surface area contributed by atoms with Crippen LogP contribution in [-0.4, -0.2) is 16.0 Å². The van der Waals surface area contributed by atoms with Crippen LogP contribution in [0.25, 0.3) is 11.4 Å². The van der Waals surface area contributed by atoms with Crippen molar-refractivity contribution in [3.8, 4) is 11.4 Å². The van der Waals surface area contributed by atoms with Gasteiger partial charge in [0.15, 0.2) is 0 Å². The lowest BCUT2D eigenvalue weighted by Crippen LogP contribution is -2.10. The molecule has 0 aliphatic rings. The minimum atomic E-state index is -0.154. The molecule has 5 nitrogen and oxygen atoms in total. The summed E-state index contributed by atoms with van der Waals surface area (Å²) < 4.78 is 5.88. The van der Waals surface area contributed by atoms with Crippen LogP contribution in [0.3, 0.4) is 0 Å². The maximum absolute atomic E-state index is 12.1. The standard InChI is InChI=1S/C14H10BrN3O2S/c1-8-16-13(18-20-8)9-3-2-4-11(5-9)17-14(19)10-6-12(15)21-7-10/h2-7H,1H3,(H,17,19). The first-order valence-corrected chi connectivity index (χ1v) is 7.75. The van der Waals surface area contributed by atoms with E-state index in [4.69, 9.17) is 4.52 Å². The van der Waals surface area contributed by atoms with E-state index in [1.54, 1.807) is 18.4 Å². The average Bonchev–Trinajstić information content (AvgIpc) is 3.08. The number of thiophene rings is 1. The lowest BCUT2D eigenvalue weighted by atomic mass is 10.2. The lowest BCUT2D eigenvalue weighted by molar-refractivity contribution is 0.102. The van der Waals surface area contributed by atoms with E-state index in [1.165, 1.54) is 11.3 Å². The van der Waals surface area contributed by atoms with Crippen molar-refractivity contribution in [3.63, 3.8) is 0 Å². The summed E-state index contributed by atoms with van der Waals surface area (Å²) in [5.41, 5.74) is 2.09. The zero-order chi connectivity index (χ0) is 14.8. The van der Waals surface area contributed by atoms with Gasteiger partial charge in [-0.1, -0.05) is 17.3 Å². The largest absolute Gasteiger partial charge is 0.339 e. The van der Waals surface area contributed by atoms with Gasteiger partial charge >= 0.3 is 0 Å². The van der Waals surface area contributed by atoms with E-state index in [0.29, 0.717) is 23.0 Å². The number of nitrogens with one attached hydrogen (secondary N) is 1. The Morgan fingerprint density at radius 2 is 2.24 bits per heavy atom. The molecular formula is C14H10BrN3O2S. The van der Waals surface area contributed by atoms with E-state index in [9.17, 15) is 4.79 Å². The second-order valence-corrected chi connectivity index (χ2v) is 6.60. The predicted octanol–water partition coefficient (Wildman–Crippen LogP) is 4.12. The van der Waals surface area contributed by atoms with Crippen LogP contribution >= 0.6 is 27.3 Å². The summed E-state index contributed by atoms with van der Waals surface area (Å²) in [7, 11) is 0. The number of benzene rings is 1. The Labute approximate surface area is 133 Å². The minimum Gasteiger partial charge on any atom is -0.339 e. The maximum atomic E-state index is 12.1. The number of halogens is 1. The number of anilines is 1. The second-order valence-electron chi connectivity index (χ2n) is 4.31. The molecule has 0 saturated heterocycles. The molecule has 0 radical (unpaired) electrons. The maximum Gasteiger partial charge on any atom is 0.256 e. The van der Waals surface area contributed by atoms with Crippen molar-refractivity contribution in [1.29, 1.82) is 0 Å². The molecule has 3 aromatic rings. The fourth-order valence-corrected chi connectivity index (χ4v) is 2.92. The van der Waals surface area contributed by atoms with Crippen LogP contribution in [0, 0.1) is 6.92 Å². The van der Waals surface area contributed by atoms with E-state index in [0.717, 1.165) is 9.35 Å². The number of amides is 1. The van der Waals surface area contributed by atoms with Gasteiger partial charge in [0.25, 0.3) is 5.91 Å². The van der Waals surface area contributed by atoms with Gasteiger partial charge in [-0.2, -0.15) is 4.98 Å². The molecule has 2 aromatic heterocycles. The molecule has 0 saturated carbocycles. The number of rotatable bonds is 3. The van der Waals surface area contributed by atoms with Crippen LogP contribution in [0.15, 0.2) is 44.0 Å². The van der Waals surface area contributed by atoms with Crippen molar-refractivity contribution in [2.45, 2.75) is 6.92 Å². The van der Waals surface area contributed by atoms with Crippen LogP contribution in [0.4, 0.5) is 5.69 Å². The van der Waals surface area contributed by atoms with Gasteiger partial charge in [-0.25, -0.2) is 0 Å². The van der Waals surface area contributed by atoms with Crippen LogP contribution in [0.1, 0.15) is 16.2 Å². The highest BCUT2D eigenvalue weighted by Crippen LogP contribution is 2.23. The number of carbonyl (C=O) groups excluding carboxylic acids is 1. The smallest absolute Gasteiger partial charge is 0.256 e. The van der Waals surface area contributed by atoms with Crippen molar-refractivity contribution in [3.05, 3.63) is 51.0 Å². The molecule has 0 aliphatic heterocycles. The SMILES string of the molecule is Cc1nc(-c2cccc(NC(=O)c3csc(Br)c3)c2)no1. The van der Waals surface area contributed by atoms with Crippen LogP contribution in [0.5, 0.6) is 0 Å². The number of aryl methyl sites for hydroxylation is 1. The highest BCUT2D eigenvalue weighted by Gasteiger charge is 2.10. The van der Waals surface area contributed by atoms with Gasteiger partial charge in [-0.3, -0.25) is 4.79 Å². The molecule has 1 N–H and O–H groups in total.